The molecule has 0 bridgehead atoms. The molecule has 2 unspecified atom stereocenters. The lowest BCUT2D eigenvalue weighted by atomic mass is 9.94. The zero-order chi connectivity index (χ0) is 13.8. The normalized spacial score (nSPS) is 23.1. The smallest absolute Gasteiger partial charge is 0.252 e. The molecule has 5 heteroatoms. The van der Waals surface area contributed by atoms with Gasteiger partial charge in [0, 0.05) is 20.2 Å². The largest absolute Gasteiger partial charge is 0.348 e. The number of benzene rings is 1. The minimum atomic E-state index is 0.0188. The average molecular weight is 407 g/mol. The molecule has 2 nitrogen and oxygen atoms in total. The molecule has 1 aromatic rings. The highest BCUT2D eigenvalue weighted by Gasteiger charge is 2.26. The Hall–Kier alpha value is -0.000000000000000111. The van der Waals surface area contributed by atoms with E-state index in [9.17, 15) is 4.79 Å². The Labute approximate surface area is 135 Å². The first kappa shape index (κ1) is 15.4. The number of nitrogens with one attached hydrogen (secondary N) is 1. The minimum Gasteiger partial charge on any atom is -0.348 e. The van der Waals surface area contributed by atoms with Gasteiger partial charge in [-0.3, -0.25) is 4.79 Å². The van der Waals surface area contributed by atoms with Gasteiger partial charge in [0.05, 0.1) is 5.56 Å². The van der Waals surface area contributed by atoms with Gasteiger partial charge in [0.2, 0.25) is 0 Å². The Balaban J connectivity index is 2.07. The summed E-state index contributed by atoms with van der Waals surface area (Å²) in [6.07, 6.45) is 6.91. The first-order valence-electron chi connectivity index (χ1n) is 6.40. The molecule has 1 aliphatic carbocycles. The van der Waals surface area contributed by atoms with Crippen molar-refractivity contribution in [2.24, 2.45) is 0 Å². The fourth-order valence-electron chi connectivity index (χ4n) is 2.46. The molecule has 0 aromatic heterocycles. The molecule has 1 saturated carbocycles. The second kappa shape index (κ2) is 7.14. The van der Waals surface area contributed by atoms with Crippen LogP contribution >= 0.6 is 43.6 Å². The highest BCUT2D eigenvalue weighted by Crippen LogP contribution is 2.28. The number of hydrogen-bond acceptors (Lipinski definition) is 2. The number of carbonyl (C=O) groups is 1. The van der Waals surface area contributed by atoms with Crippen LogP contribution in [-0.2, 0) is 0 Å². The van der Waals surface area contributed by atoms with Crippen molar-refractivity contribution in [3.8, 4) is 0 Å². The van der Waals surface area contributed by atoms with E-state index in [0.29, 0.717) is 16.9 Å². The first-order valence-corrected chi connectivity index (χ1v) is 9.28. The molecule has 1 aromatic carbocycles. The maximum Gasteiger partial charge on any atom is 0.252 e. The summed E-state index contributed by atoms with van der Waals surface area (Å²) in [6, 6.07) is 5.95. The SMILES string of the molecule is CSC1CCCCC1NC(=O)c1ccc(Br)cc1Br. The van der Waals surface area contributed by atoms with E-state index in [2.05, 4.69) is 43.4 Å². The second-order valence-corrected chi connectivity index (χ2v) is 7.61. The number of hydrogen-bond donors (Lipinski definition) is 1. The van der Waals surface area contributed by atoms with Gasteiger partial charge in [0.25, 0.3) is 5.91 Å². The molecule has 1 aliphatic rings. The van der Waals surface area contributed by atoms with Crippen LogP contribution in [0.3, 0.4) is 0 Å². The molecular weight excluding hydrogens is 390 g/mol. The van der Waals surface area contributed by atoms with Crippen LogP contribution in [0, 0.1) is 0 Å². The summed E-state index contributed by atoms with van der Waals surface area (Å²) in [5, 5.41) is 3.74. The molecule has 0 heterocycles. The van der Waals surface area contributed by atoms with Gasteiger partial charge in [0.15, 0.2) is 0 Å². The third-order valence-electron chi connectivity index (χ3n) is 3.50. The van der Waals surface area contributed by atoms with Crippen LogP contribution in [-0.4, -0.2) is 23.5 Å². The van der Waals surface area contributed by atoms with Crippen molar-refractivity contribution in [1.82, 2.24) is 5.32 Å². The summed E-state index contributed by atoms with van der Waals surface area (Å²) in [4.78, 5) is 12.3. The van der Waals surface area contributed by atoms with Gasteiger partial charge in [-0.05, 0) is 53.2 Å². The zero-order valence-corrected chi connectivity index (χ0v) is 14.8. The Bertz CT molecular complexity index is 467. The number of halogens is 2. The van der Waals surface area contributed by atoms with Crippen LogP contribution in [0.15, 0.2) is 27.1 Å². The fraction of sp³-hybridized carbons (Fsp3) is 0.500. The summed E-state index contributed by atoms with van der Waals surface area (Å²) >= 11 is 8.71. The molecule has 0 radical (unpaired) electrons. The molecule has 104 valence electrons. The van der Waals surface area contributed by atoms with Crippen molar-refractivity contribution in [2.75, 3.05) is 6.26 Å². The second-order valence-electron chi connectivity index (χ2n) is 4.76. The Morgan fingerprint density at radius 2 is 2.05 bits per heavy atom. The van der Waals surface area contributed by atoms with E-state index in [1.54, 1.807) is 0 Å². The Kier molecular flexibility index (Phi) is 5.78. The summed E-state index contributed by atoms with van der Waals surface area (Å²) < 4.78 is 1.80. The molecule has 0 spiro atoms. The summed E-state index contributed by atoms with van der Waals surface area (Å²) in [7, 11) is 0. The molecule has 19 heavy (non-hydrogen) atoms. The van der Waals surface area contributed by atoms with Gasteiger partial charge >= 0.3 is 0 Å². The molecule has 0 saturated heterocycles. The van der Waals surface area contributed by atoms with Crippen LogP contribution in [0.4, 0.5) is 0 Å². The van der Waals surface area contributed by atoms with E-state index >= 15 is 0 Å². The predicted molar refractivity (Wildman–Crippen MR) is 88.9 cm³/mol. The maximum atomic E-state index is 12.3. The molecule has 1 fully saturated rings. The molecule has 2 rings (SSSR count). The lowest BCUT2D eigenvalue weighted by Crippen LogP contribution is -2.43. The first-order chi connectivity index (χ1) is 9.11. The third-order valence-corrected chi connectivity index (χ3v) is 5.82. The average Bonchev–Trinajstić information content (AvgIpc) is 2.39. The van der Waals surface area contributed by atoms with Crippen molar-refractivity contribution in [1.29, 1.82) is 0 Å². The van der Waals surface area contributed by atoms with E-state index < -0.39 is 0 Å². The summed E-state index contributed by atoms with van der Waals surface area (Å²) in [6.45, 7) is 0. The van der Waals surface area contributed by atoms with Crippen molar-refractivity contribution < 1.29 is 4.79 Å². The van der Waals surface area contributed by atoms with Crippen molar-refractivity contribution >= 4 is 49.5 Å². The van der Waals surface area contributed by atoms with Crippen LogP contribution in [0.25, 0.3) is 0 Å². The molecule has 2 atom stereocenters. The van der Waals surface area contributed by atoms with Gasteiger partial charge in [-0.15, -0.1) is 0 Å². The van der Waals surface area contributed by atoms with E-state index in [4.69, 9.17) is 0 Å². The van der Waals surface area contributed by atoms with Crippen molar-refractivity contribution in [2.45, 2.75) is 37.0 Å². The van der Waals surface area contributed by atoms with Crippen LogP contribution in [0.2, 0.25) is 0 Å². The number of rotatable bonds is 3. The maximum absolute atomic E-state index is 12.3. The third kappa shape index (κ3) is 3.99. The van der Waals surface area contributed by atoms with E-state index in [-0.39, 0.29) is 5.91 Å². The van der Waals surface area contributed by atoms with E-state index in [0.717, 1.165) is 15.4 Å². The van der Waals surface area contributed by atoms with E-state index in [1.165, 1.54) is 19.3 Å². The predicted octanol–water partition coefficient (Wildman–Crippen LogP) is 4.62. The minimum absolute atomic E-state index is 0.0188. The highest BCUT2D eigenvalue weighted by atomic mass is 79.9. The molecule has 0 aliphatic heterocycles. The Morgan fingerprint density at radius 3 is 2.74 bits per heavy atom. The summed E-state index contributed by atoms with van der Waals surface area (Å²) in [5.41, 5.74) is 0.702. The standard InChI is InChI=1S/C14H17Br2NOS/c1-19-13-5-3-2-4-12(13)17-14(18)10-7-6-9(15)8-11(10)16/h6-8,12-13H,2-5H2,1H3,(H,17,18). The molecule has 1 amide bonds. The highest BCUT2D eigenvalue weighted by molar-refractivity contribution is 9.11. The van der Waals surface area contributed by atoms with Gasteiger partial charge < -0.3 is 5.32 Å². The van der Waals surface area contributed by atoms with Gasteiger partial charge in [-0.2, -0.15) is 11.8 Å². The Morgan fingerprint density at radius 1 is 1.32 bits per heavy atom. The van der Waals surface area contributed by atoms with Gasteiger partial charge in [-0.25, -0.2) is 0 Å². The zero-order valence-electron chi connectivity index (χ0n) is 10.8. The van der Waals surface area contributed by atoms with Crippen LogP contribution in [0.1, 0.15) is 36.0 Å². The van der Waals surface area contributed by atoms with Gasteiger partial charge in [0.1, 0.15) is 0 Å². The monoisotopic (exact) mass is 405 g/mol. The lowest BCUT2D eigenvalue weighted by molar-refractivity contribution is 0.0928. The lowest BCUT2D eigenvalue weighted by Gasteiger charge is -2.31. The molecular formula is C14H17Br2NOS. The quantitative estimate of drug-likeness (QED) is 0.793. The number of amides is 1. The van der Waals surface area contributed by atoms with Crippen molar-refractivity contribution in [3.63, 3.8) is 0 Å². The topological polar surface area (TPSA) is 29.1 Å². The summed E-state index contributed by atoms with van der Waals surface area (Å²) in [5.74, 6) is 0.0188. The number of carbonyl (C=O) groups excluding carboxylic acids is 1. The van der Waals surface area contributed by atoms with Crippen molar-refractivity contribution in [3.05, 3.63) is 32.7 Å². The molecule has 1 N–H and O–H groups in total. The van der Waals surface area contributed by atoms with Gasteiger partial charge in [-0.1, -0.05) is 28.8 Å². The number of thioether (sulfide) groups is 1. The fourth-order valence-corrected chi connectivity index (χ4v) is 4.63. The van der Waals surface area contributed by atoms with Crippen LogP contribution < -0.4 is 5.32 Å². The van der Waals surface area contributed by atoms with E-state index in [1.807, 2.05) is 30.0 Å². The van der Waals surface area contributed by atoms with Crippen LogP contribution in [0.5, 0.6) is 0 Å².